The van der Waals surface area contributed by atoms with Crippen LogP contribution in [0.5, 0.6) is 0 Å². The molecule has 1 aromatic heterocycles. The zero-order valence-corrected chi connectivity index (χ0v) is 11.5. The van der Waals surface area contributed by atoms with Gasteiger partial charge < -0.3 is 9.67 Å². The SMILES string of the molecule is Cc1nc2c(n1CC(O)C(C)(C)C)CCCC2. The molecule has 0 saturated heterocycles. The van der Waals surface area contributed by atoms with E-state index in [1.807, 2.05) is 6.92 Å². The minimum absolute atomic E-state index is 0.0712. The lowest BCUT2D eigenvalue weighted by Crippen LogP contribution is -2.31. The van der Waals surface area contributed by atoms with Crippen LogP contribution in [-0.2, 0) is 19.4 Å². The van der Waals surface area contributed by atoms with Gasteiger partial charge >= 0.3 is 0 Å². The molecule has 0 spiro atoms. The first kappa shape index (κ1) is 12.6. The van der Waals surface area contributed by atoms with Gasteiger partial charge in [-0.1, -0.05) is 20.8 Å². The molecule has 17 heavy (non-hydrogen) atoms. The summed E-state index contributed by atoms with van der Waals surface area (Å²) >= 11 is 0. The molecule has 1 N–H and O–H groups in total. The van der Waals surface area contributed by atoms with Crippen LogP contribution in [0.3, 0.4) is 0 Å². The predicted molar refractivity (Wildman–Crippen MR) is 69.1 cm³/mol. The minimum atomic E-state index is -0.318. The van der Waals surface area contributed by atoms with Crippen molar-refractivity contribution in [1.82, 2.24) is 9.55 Å². The van der Waals surface area contributed by atoms with Crippen LogP contribution in [0.4, 0.5) is 0 Å². The topological polar surface area (TPSA) is 38.0 Å². The van der Waals surface area contributed by atoms with Gasteiger partial charge in [0, 0.05) is 5.69 Å². The van der Waals surface area contributed by atoms with E-state index in [4.69, 9.17) is 0 Å². The summed E-state index contributed by atoms with van der Waals surface area (Å²) in [6, 6.07) is 0. The summed E-state index contributed by atoms with van der Waals surface area (Å²) in [4.78, 5) is 4.64. The van der Waals surface area contributed by atoms with E-state index >= 15 is 0 Å². The number of fused-ring (bicyclic) bond motifs is 1. The Morgan fingerprint density at radius 3 is 2.59 bits per heavy atom. The fourth-order valence-electron chi connectivity index (χ4n) is 2.42. The Morgan fingerprint density at radius 2 is 1.94 bits per heavy atom. The third-order valence-electron chi connectivity index (χ3n) is 3.78. The number of aliphatic hydroxyl groups is 1. The summed E-state index contributed by atoms with van der Waals surface area (Å²) in [7, 11) is 0. The van der Waals surface area contributed by atoms with Crippen molar-refractivity contribution >= 4 is 0 Å². The fourth-order valence-corrected chi connectivity index (χ4v) is 2.42. The van der Waals surface area contributed by atoms with E-state index < -0.39 is 0 Å². The zero-order valence-electron chi connectivity index (χ0n) is 11.5. The number of hydrogen-bond acceptors (Lipinski definition) is 2. The highest BCUT2D eigenvalue weighted by atomic mass is 16.3. The van der Waals surface area contributed by atoms with Gasteiger partial charge in [0.25, 0.3) is 0 Å². The van der Waals surface area contributed by atoms with Gasteiger partial charge in [0.1, 0.15) is 5.82 Å². The molecule has 1 aliphatic rings. The van der Waals surface area contributed by atoms with Gasteiger partial charge in [-0.2, -0.15) is 0 Å². The maximum absolute atomic E-state index is 10.2. The van der Waals surface area contributed by atoms with Gasteiger partial charge in [0.05, 0.1) is 18.3 Å². The van der Waals surface area contributed by atoms with Crippen LogP contribution in [0.15, 0.2) is 0 Å². The second-order valence-electron chi connectivity index (χ2n) is 6.25. The number of aliphatic hydroxyl groups excluding tert-OH is 1. The van der Waals surface area contributed by atoms with Gasteiger partial charge in [0.15, 0.2) is 0 Å². The number of imidazole rings is 1. The standard InChI is InChI=1S/C14H24N2O/c1-10-15-11-7-5-6-8-12(11)16(10)9-13(17)14(2,3)4/h13,17H,5-9H2,1-4H3. The van der Waals surface area contributed by atoms with Gasteiger partial charge in [-0.05, 0) is 38.0 Å². The average molecular weight is 236 g/mol. The second kappa shape index (κ2) is 4.45. The van der Waals surface area contributed by atoms with Crippen LogP contribution in [0.2, 0.25) is 0 Å². The maximum Gasteiger partial charge on any atom is 0.106 e. The first-order valence-corrected chi connectivity index (χ1v) is 6.62. The first-order chi connectivity index (χ1) is 7.89. The van der Waals surface area contributed by atoms with Gasteiger partial charge in [-0.15, -0.1) is 0 Å². The van der Waals surface area contributed by atoms with Crippen molar-refractivity contribution in [3.05, 3.63) is 17.2 Å². The Labute approximate surface area is 104 Å². The van der Waals surface area contributed by atoms with Crippen LogP contribution in [0.1, 0.15) is 50.8 Å². The van der Waals surface area contributed by atoms with E-state index in [1.54, 1.807) is 0 Å². The third kappa shape index (κ3) is 2.54. The molecule has 1 aliphatic carbocycles. The van der Waals surface area contributed by atoms with E-state index in [2.05, 4.69) is 30.3 Å². The molecule has 96 valence electrons. The molecule has 3 heteroatoms. The van der Waals surface area contributed by atoms with Crippen LogP contribution in [0, 0.1) is 12.3 Å². The largest absolute Gasteiger partial charge is 0.391 e. The van der Waals surface area contributed by atoms with Crippen molar-refractivity contribution in [2.45, 2.75) is 66.0 Å². The maximum atomic E-state index is 10.2. The van der Waals surface area contributed by atoms with Crippen molar-refractivity contribution in [3.8, 4) is 0 Å². The number of aromatic nitrogens is 2. The lowest BCUT2D eigenvalue weighted by Gasteiger charge is -2.27. The van der Waals surface area contributed by atoms with E-state index in [1.165, 1.54) is 24.2 Å². The quantitative estimate of drug-likeness (QED) is 0.856. The molecule has 1 atom stereocenters. The highest BCUT2D eigenvalue weighted by Gasteiger charge is 2.25. The van der Waals surface area contributed by atoms with Gasteiger partial charge in [-0.25, -0.2) is 4.98 Å². The normalized spacial score (nSPS) is 17.9. The number of rotatable bonds is 2. The number of nitrogens with zero attached hydrogens (tertiary/aromatic N) is 2. The lowest BCUT2D eigenvalue weighted by molar-refractivity contribution is 0.0468. The molecule has 0 saturated carbocycles. The summed E-state index contributed by atoms with van der Waals surface area (Å²) in [5, 5.41) is 10.2. The molecule has 0 amide bonds. The molecule has 1 unspecified atom stereocenters. The molecule has 0 bridgehead atoms. The Hall–Kier alpha value is -0.830. The number of hydrogen-bond donors (Lipinski definition) is 1. The molecular formula is C14H24N2O. The van der Waals surface area contributed by atoms with Gasteiger partial charge in [-0.3, -0.25) is 0 Å². The highest BCUT2D eigenvalue weighted by molar-refractivity contribution is 5.20. The second-order valence-corrected chi connectivity index (χ2v) is 6.25. The third-order valence-corrected chi connectivity index (χ3v) is 3.78. The average Bonchev–Trinajstić information content (AvgIpc) is 2.54. The van der Waals surface area contributed by atoms with Crippen molar-refractivity contribution in [3.63, 3.8) is 0 Å². The molecule has 0 aliphatic heterocycles. The van der Waals surface area contributed by atoms with E-state index in [9.17, 15) is 5.11 Å². The molecule has 1 aromatic rings. The molecule has 3 nitrogen and oxygen atoms in total. The zero-order chi connectivity index (χ0) is 12.6. The molecule has 0 fully saturated rings. The van der Waals surface area contributed by atoms with Crippen molar-refractivity contribution in [2.75, 3.05) is 0 Å². The summed E-state index contributed by atoms with van der Waals surface area (Å²) < 4.78 is 2.23. The Bertz CT molecular complexity index is 401. The van der Waals surface area contributed by atoms with Crippen molar-refractivity contribution in [1.29, 1.82) is 0 Å². The van der Waals surface area contributed by atoms with Gasteiger partial charge in [0.2, 0.25) is 0 Å². The summed E-state index contributed by atoms with van der Waals surface area (Å²) in [5.41, 5.74) is 2.55. The highest BCUT2D eigenvalue weighted by Crippen LogP contribution is 2.25. The van der Waals surface area contributed by atoms with Crippen LogP contribution < -0.4 is 0 Å². The van der Waals surface area contributed by atoms with E-state index in [-0.39, 0.29) is 11.5 Å². The van der Waals surface area contributed by atoms with Crippen molar-refractivity contribution < 1.29 is 5.11 Å². The summed E-state index contributed by atoms with van der Waals surface area (Å²) in [5.74, 6) is 1.06. The minimum Gasteiger partial charge on any atom is -0.391 e. The molecule has 0 aromatic carbocycles. The van der Waals surface area contributed by atoms with E-state index in [0.717, 1.165) is 18.7 Å². The smallest absolute Gasteiger partial charge is 0.106 e. The monoisotopic (exact) mass is 236 g/mol. The predicted octanol–water partition coefficient (Wildman–Crippen LogP) is 2.48. The summed E-state index contributed by atoms with van der Waals surface area (Å²) in [6.45, 7) is 8.97. The van der Waals surface area contributed by atoms with Crippen LogP contribution >= 0.6 is 0 Å². The molecule has 2 rings (SSSR count). The Balaban J connectivity index is 2.24. The lowest BCUT2D eigenvalue weighted by atomic mass is 9.89. The van der Waals surface area contributed by atoms with Crippen LogP contribution in [-0.4, -0.2) is 20.8 Å². The molecular weight excluding hydrogens is 212 g/mol. The van der Waals surface area contributed by atoms with E-state index in [0.29, 0.717) is 6.54 Å². The van der Waals surface area contributed by atoms with Crippen molar-refractivity contribution in [2.24, 2.45) is 5.41 Å². The fraction of sp³-hybridized carbons (Fsp3) is 0.786. The Kier molecular flexibility index (Phi) is 3.30. The van der Waals surface area contributed by atoms with Crippen LogP contribution in [0.25, 0.3) is 0 Å². The Morgan fingerprint density at radius 1 is 1.29 bits per heavy atom. The molecule has 1 heterocycles. The number of aryl methyl sites for hydroxylation is 2. The summed E-state index contributed by atoms with van der Waals surface area (Å²) in [6.07, 6.45) is 4.41. The molecule has 0 radical (unpaired) electrons. The first-order valence-electron chi connectivity index (χ1n) is 6.62.